The first-order chi connectivity index (χ1) is 8.75. The molecule has 1 aromatic carbocycles. The molecule has 0 radical (unpaired) electrons. The molecular formula is C14H14O3S. The average molecular weight is 262 g/mol. The van der Waals surface area contributed by atoms with Gasteiger partial charge in [0.25, 0.3) is 0 Å². The largest absolute Gasteiger partial charge is 0.478 e. The number of hydrogen-bond donors (Lipinski definition) is 1. The molecule has 4 heteroatoms. The molecule has 1 aromatic heterocycles. The van der Waals surface area contributed by atoms with Gasteiger partial charge in [0.05, 0.1) is 18.8 Å². The molecule has 0 aliphatic carbocycles. The first kappa shape index (κ1) is 12.8. The van der Waals surface area contributed by atoms with Gasteiger partial charge in [-0.1, -0.05) is 18.2 Å². The van der Waals surface area contributed by atoms with Crippen molar-refractivity contribution in [2.45, 2.75) is 13.0 Å². The summed E-state index contributed by atoms with van der Waals surface area (Å²) in [7, 11) is 0. The number of benzene rings is 1. The summed E-state index contributed by atoms with van der Waals surface area (Å²) in [6.07, 6.45) is 0.922. The third-order valence-electron chi connectivity index (χ3n) is 2.54. The summed E-state index contributed by atoms with van der Waals surface area (Å²) in [4.78, 5) is 12.0. The Bertz CT molecular complexity index is 488. The van der Waals surface area contributed by atoms with Crippen molar-refractivity contribution in [3.8, 4) is 0 Å². The van der Waals surface area contributed by atoms with E-state index in [1.807, 2.05) is 6.07 Å². The first-order valence-corrected chi connectivity index (χ1v) is 6.56. The third-order valence-corrected chi connectivity index (χ3v) is 3.48. The van der Waals surface area contributed by atoms with E-state index in [2.05, 4.69) is 11.4 Å². The van der Waals surface area contributed by atoms with Crippen molar-refractivity contribution in [1.29, 1.82) is 0 Å². The lowest BCUT2D eigenvalue weighted by molar-refractivity contribution is 0.0696. The Balaban J connectivity index is 1.75. The fourth-order valence-corrected chi connectivity index (χ4v) is 2.25. The average Bonchev–Trinajstić information content (AvgIpc) is 2.88. The topological polar surface area (TPSA) is 46.5 Å². The zero-order chi connectivity index (χ0) is 12.8. The minimum atomic E-state index is -0.903. The van der Waals surface area contributed by atoms with Crippen LogP contribution in [0.3, 0.4) is 0 Å². The van der Waals surface area contributed by atoms with E-state index >= 15 is 0 Å². The van der Waals surface area contributed by atoms with E-state index in [1.54, 1.807) is 35.6 Å². The summed E-state index contributed by atoms with van der Waals surface area (Å²) in [6, 6.07) is 10.9. The van der Waals surface area contributed by atoms with Gasteiger partial charge in [-0.15, -0.1) is 11.3 Å². The van der Waals surface area contributed by atoms with E-state index in [0.29, 0.717) is 18.8 Å². The van der Waals surface area contributed by atoms with Crippen LogP contribution in [-0.2, 0) is 17.8 Å². The number of carboxylic acids is 1. The van der Waals surface area contributed by atoms with Gasteiger partial charge >= 0.3 is 5.97 Å². The molecule has 0 spiro atoms. The first-order valence-electron chi connectivity index (χ1n) is 5.68. The van der Waals surface area contributed by atoms with Gasteiger partial charge in [-0.3, -0.25) is 0 Å². The molecule has 0 bridgehead atoms. The van der Waals surface area contributed by atoms with E-state index in [1.165, 1.54) is 4.88 Å². The van der Waals surface area contributed by atoms with Crippen molar-refractivity contribution in [3.63, 3.8) is 0 Å². The maximum absolute atomic E-state index is 10.7. The highest BCUT2D eigenvalue weighted by molar-refractivity contribution is 7.09. The Kier molecular flexibility index (Phi) is 4.50. The zero-order valence-corrected chi connectivity index (χ0v) is 10.7. The number of hydrogen-bond acceptors (Lipinski definition) is 3. The molecule has 0 saturated carbocycles. The second-order valence-corrected chi connectivity index (χ2v) is 4.92. The minimum Gasteiger partial charge on any atom is -0.478 e. The summed E-state index contributed by atoms with van der Waals surface area (Å²) in [6.45, 7) is 1.20. The number of rotatable bonds is 6. The van der Waals surface area contributed by atoms with Gasteiger partial charge in [-0.2, -0.15) is 0 Å². The predicted octanol–water partition coefficient (Wildman–Crippen LogP) is 3.21. The van der Waals surface area contributed by atoms with Crippen LogP contribution in [0.1, 0.15) is 20.8 Å². The SMILES string of the molecule is O=C(O)c1ccc(COCCc2cccs2)cc1. The van der Waals surface area contributed by atoms with Crippen molar-refractivity contribution >= 4 is 17.3 Å². The maximum atomic E-state index is 10.7. The van der Waals surface area contributed by atoms with Crippen molar-refractivity contribution < 1.29 is 14.6 Å². The molecule has 3 nitrogen and oxygen atoms in total. The number of thiophene rings is 1. The standard InChI is InChI=1S/C14H14O3S/c15-14(16)12-5-3-11(4-6-12)10-17-8-7-13-2-1-9-18-13/h1-6,9H,7-8,10H2,(H,15,16). The lowest BCUT2D eigenvalue weighted by Crippen LogP contribution is -1.99. The Morgan fingerprint density at radius 2 is 2.00 bits per heavy atom. The van der Waals surface area contributed by atoms with E-state index in [0.717, 1.165) is 12.0 Å². The van der Waals surface area contributed by atoms with Crippen molar-refractivity contribution in [2.24, 2.45) is 0 Å². The highest BCUT2D eigenvalue weighted by Gasteiger charge is 2.01. The van der Waals surface area contributed by atoms with Gasteiger partial charge < -0.3 is 9.84 Å². The highest BCUT2D eigenvalue weighted by Crippen LogP contribution is 2.10. The van der Waals surface area contributed by atoms with Gasteiger partial charge in [0.2, 0.25) is 0 Å². The van der Waals surface area contributed by atoms with Crippen molar-refractivity contribution in [3.05, 3.63) is 57.8 Å². The van der Waals surface area contributed by atoms with Gasteiger partial charge in [0, 0.05) is 11.3 Å². The van der Waals surface area contributed by atoms with Crippen LogP contribution >= 0.6 is 11.3 Å². The molecule has 18 heavy (non-hydrogen) atoms. The van der Waals surface area contributed by atoms with Gasteiger partial charge in [0.1, 0.15) is 0 Å². The lowest BCUT2D eigenvalue weighted by atomic mass is 10.1. The molecule has 0 aliphatic heterocycles. The van der Waals surface area contributed by atoms with Crippen LogP contribution in [-0.4, -0.2) is 17.7 Å². The predicted molar refractivity (Wildman–Crippen MR) is 71.1 cm³/mol. The number of carbonyl (C=O) groups is 1. The van der Waals surface area contributed by atoms with Crippen LogP contribution in [0.4, 0.5) is 0 Å². The molecule has 2 aromatic rings. The molecule has 0 amide bonds. The van der Waals surface area contributed by atoms with Crippen LogP contribution in [0.5, 0.6) is 0 Å². The van der Waals surface area contributed by atoms with E-state index in [4.69, 9.17) is 9.84 Å². The molecule has 0 saturated heterocycles. The normalized spacial score (nSPS) is 10.4. The van der Waals surface area contributed by atoms with Crippen LogP contribution in [0.25, 0.3) is 0 Å². The van der Waals surface area contributed by atoms with Crippen LogP contribution in [0.2, 0.25) is 0 Å². The summed E-state index contributed by atoms with van der Waals surface area (Å²) in [5.41, 5.74) is 1.29. The van der Waals surface area contributed by atoms with Crippen LogP contribution in [0.15, 0.2) is 41.8 Å². The summed E-state index contributed by atoms with van der Waals surface area (Å²) in [5, 5.41) is 10.8. The molecule has 0 aliphatic rings. The Labute approximate surface area is 110 Å². The summed E-state index contributed by atoms with van der Waals surface area (Å²) in [5.74, 6) is -0.903. The van der Waals surface area contributed by atoms with Crippen molar-refractivity contribution in [1.82, 2.24) is 0 Å². The second kappa shape index (κ2) is 6.33. The molecule has 0 atom stereocenters. The quantitative estimate of drug-likeness (QED) is 0.813. The fraction of sp³-hybridized carbons (Fsp3) is 0.214. The number of aromatic carboxylic acids is 1. The fourth-order valence-electron chi connectivity index (χ4n) is 1.56. The van der Waals surface area contributed by atoms with Crippen molar-refractivity contribution in [2.75, 3.05) is 6.61 Å². The van der Waals surface area contributed by atoms with E-state index in [9.17, 15) is 4.79 Å². The molecule has 0 unspecified atom stereocenters. The minimum absolute atomic E-state index is 0.303. The third kappa shape index (κ3) is 3.68. The Hall–Kier alpha value is -1.65. The number of ether oxygens (including phenoxy) is 1. The lowest BCUT2D eigenvalue weighted by Gasteiger charge is -2.04. The van der Waals surface area contributed by atoms with Gasteiger partial charge in [-0.05, 0) is 29.1 Å². The molecule has 0 fully saturated rings. The summed E-state index contributed by atoms with van der Waals surface area (Å²) < 4.78 is 5.55. The molecular weight excluding hydrogens is 248 g/mol. The van der Waals surface area contributed by atoms with Crippen LogP contribution in [0, 0.1) is 0 Å². The monoisotopic (exact) mass is 262 g/mol. The molecule has 2 rings (SSSR count). The maximum Gasteiger partial charge on any atom is 0.335 e. The van der Waals surface area contributed by atoms with Gasteiger partial charge in [0.15, 0.2) is 0 Å². The van der Waals surface area contributed by atoms with Gasteiger partial charge in [-0.25, -0.2) is 4.79 Å². The smallest absolute Gasteiger partial charge is 0.335 e. The van der Waals surface area contributed by atoms with E-state index in [-0.39, 0.29) is 0 Å². The van der Waals surface area contributed by atoms with E-state index < -0.39 is 5.97 Å². The highest BCUT2D eigenvalue weighted by atomic mass is 32.1. The second-order valence-electron chi connectivity index (χ2n) is 3.88. The Morgan fingerprint density at radius 3 is 2.61 bits per heavy atom. The molecule has 1 heterocycles. The summed E-state index contributed by atoms with van der Waals surface area (Å²) >= 11 is 1.73. The zero-order valence-electron chi connectivity index (χ0n) is 9.83. The molecule has 94 valence electrons. The number of carboxylic acid groups (broad SMARTS) is 1. The Morgan fingerprint density at radius 1 is 1.22 bits per heavy atom. The van der Waals surface area contributed by atoms with Crippen LogP contribution < -0.4 is 0 Å². The molecule has 1 N–H and O–H groups in total.